The van der Waals surface area contributed by atoms with Crippen LogP contribution >= 0.6 is 0 Å². The molecule has 0 heterocycles. The summed E-state index contributed by atoms with van der Waals surface area (Å²) in [6.07, 6.45) is 3.05. The van der Waals surface area contributed by atoms with Crippen molar-refractivity contribution in [2.45, 2.75) is 58.5 Å². The fourth-order valence-corrected chi connectivity index (χ4v) is 1.90. The molecule has 0 aromatic heterocycles. The second-order valence-corrected chi connectivity index (χ2v) is 5.10. The van der Waals surface area contributed by atoms with Crippen LogP contribution in [0.15, 0.2) is 0 Å². The minimum absolute atomic E-state index is 0.404. The molecule has 0 aromatic carbocycles. The number of esters is 1. The van der Waals surface area contributed by atoms with Gasteiger partial charge in [-0.1, -0.05) is 19.8 Å². The van der Waals surface area contributed by atoms with Gasteiger partial charge in [0.05, 0.1) is 0 Å². The van der Waals surface area contributed by atoms with Crippen LogP contribution in [0.2, 0.25) is 0 Å². The smallest absolute Gasteiger partial charge is 0.324 e. The van der Waals surface area contributed by atoms with Gasteiger partial charge in [0, 0.05) is 0 Å². The number of hydrogen-bond donors (Lipinski definition) is 1. The van der Waals surface area contributed by atoms with Crippen LogP contribution in [0, 0.1) is 5.41 Å². The summed E-state index contributed by atoms with van der Waals surface area (Å²) in [5.41, 5.74) is -1.87. The summed E-state index contributed by atoms with van der Waals surface area (Å²) in [6.45, 7) is 5.51. The van der Waals surface area contributed by atoms with Crippen LogP contribution in [0.5, 0.6) is 0 Å². The van der Waals surface area contributed by atoms with E-state index in [0.717, 1.165) is 12.8 Å². The number of aliphatic carboxylic acids is 1. The third-order valence-electron chi connectivity index (χ3n) is 3.48. The molecule has 0 aromatic rings. The Hall–Kier alpha value is -1.06. The Bertz CT molecular complexity index is 287. The number of carboxylic acid groups (broad SMARTS) is 1. The van der Waals surface area contributed by atoms with E-state index >= 15 is 0 Å². The van der Waals surface area contributed by atoms with Crippen LogP contribution < -0.4 is 0 Å². The molecule has 0 unspecified atom stereocenters. The molecule has 16 heavy (non-hydrogen) atoms. The van der Waals surface area contributed by atoms with E-state index in [-0.39, 0.29) is 0 Å². The molecular weight excluding hydrogens is 208 g/mol. The maximum atomic E-state index is 12.0. The lowest BCUT2D eigenvalue weighted by molar-refractivity contribution is -0.177. The van der Waals surface area contributed by atoms with Gasteiger partial charge in [-0.25, -0.2) is 0 Å². The lowest BCUT2D eigenvalue weighted by Crippen LogP contribution is -2.42. The Morgan fingerprint density at radius 1 is 1.31 bits per heavy atom. The summed E-state index contributed by atoms with van der Waals surface area (Å²) < 4.78 is 5.32. The number of carboxylic acids is 1. The highest BCUT2D eigenvalue weighted by atomic mass is 16.6. The lowest BCUT2D eigenvalue weighted by Gasteiger charge is -2.29. The molecule has 0 aliphatic heterocycles. The Labute approximate surface area is 96.0 Å². The first-order valence-electron chi connectivity index (χ1n) is 5.81. The molecule has 0 atom stereocenters. The predicted molar refractivity (Wildman–Crippen MR) is 59.0 cm³/mol. The second-order valence-electron chi connectivity index (χ2n) is 5.10. The normalized spacial score (nSPS) is 19.4. The minimum Gasteiger partial charge on any atom is -0.480 e. The predicted octanol–water partition coefficient (Wildman–Crippen LogP) is 2.36. The van der Waals surface area contributed by atoms with Crippen molar-refractivity contribution in [1.82, 2.24) is 0 Å². The zero-order valence-electron chi connectivity index (χ0n) is 10.2. The lowest BCUT2D eigenvalue weighted by atomic mass is 9.86. The molecule has 4 heteroatoms. The van der Waals surface area contributed by atoms with Gasteiger partial charge >= 0.3 is 11.9 Å². The molecule has 92 valence electrons. The minimum atomic E-state index is -1.29. The largest absolute Gasteiger partial charge is 0.480 e. The van der Waals surface area contributed by atoms with Gasteiger partial charge in [-0.05, 0) is 33.1 Å². The van der Waals surface area contributed by atoms with Crippen molar-refractivity contribution < 1.29 is 19.4 Å². The molecule has 0 saturated heterocycles. The van der Waals surface area contributed by atoms with Gasteiger partial charge in [0.2, 0.25) is 0 Å². The standard InChI is InChI=1S/C12H20O4/c1-4-11(2,3)16-10(15)12(9(13)14)7-5-6-8-12/h4-8H2,1-3H3,(H,13,14). The molecule has 0 radical (unpaired) electrons. The topological polar surface area (TPSA) is 63.6 Å². The van der Waals surface area contributed by atoms with Crippen molar-refractivity contribution in [3.05, 3.63) is 0 Å². The number of rotatable bonds is 4. The SMILES string of the molecule is CCC(C)(C)OC(=O)C1(C(=O)O)CCCC1. The first-order chi connectivity index (χ1) is 7.34. The van der Waals surface area contributed by atoms with E-state index in [1.807, 2.05) is 6.92 Å². The zero-order chi connectivity index (χ0) is 12.4. The van der Waals surface area contributed by atoms with Crippen molar-refractivity contribution >= 4 is 11.9 Å². The molecule has 0 amide bonds. The van der Waals surface area contributed by atoms with Crippen molar-refractivity contribution in [1.29, 1.82) is 0 Å². The Morgan fingerprint density at radius 3 is 2.19 bits per heavy atom. The van der Waals surface area contributed by atoms with Crippen molar-refractivity contribution in [2.75, 3.05) is 0 Å². The summed E-state index contributed by atoms with van der Waals surface area (Å²) in [5.74, 6) is -1.61. The van der Waals surface area contributed by atoms with Gasteiger partial charge in [-0.2, -0.15) is 0 Å². The average molecular weight is 228 g/mol. The summed E-state index contributed by atoms with van der Waals surface area (Å²) in [5, 5.41) is 9.20. The molecule has 1 N–H and O–H groups in total. The summed E-state index contributed by atoms with van der Waals surface area (Å²) >= 11 is 0. The van der Waals surface area contributed by atoms with E-state index < -0.39 is 23.0 Å². The van der Waals surface area contributed by atoms with Crippen molar-refractivity contribution in [3.8, 4) is 0 Å². The molecule has 1 fully saturated rings. The quantitative estimate of drug-likeness (QED) is 0.592. The van der Waals surface area contributed by atoms with Gasteiger partial charge < -0.3 is 9.84 Å². The molecular formula is C12H20O4. The molecule has 1 saturated carbocycles. The number of carbonyl (C=O) groups is 2. The number of hydrogen-bond acceptors (Lipinski definition) is 3. The second kappa shape index (κ2) is 4.44. The van der Waals surface area contributed by atoms with Crippen LogP contribution in [0.25, 0.3) is 0 Å². The van der Waals surface area contributed by atoms with Crippen molar-refractivity contribution in [3.63, 3.8) is 0 Å². The average Bonchev–Trinajstić information content (AvgIpc) is 2.66. The van der Waals surface area contributed by atoms with E-state index in [1.54, 1.807) is 13.8 Å². The maximum absolute atomic E-state index is 12.0. The fraction of sp³-hybridized carbons (Fsp3) is 0.833. The van der Waals surface area contributed by atoms with E-state index in [0.29, 0.717) is 19.3 Å². The maximum Gasteiger partial charge on any atom is 0.324 e. The molecule has 1 aliphatic rings. The summed E-state index contributed by atoms with van der Waals surface area (Å²) in [6, 6.07) is 0. The Morgan fingerprint density at radius 2 is 1.81 bits per heavy atom. The van der Waals surface area contributed by atoms with Crippen molar-refractivity contribution in [2.24, 2.45) is 5.41 Å². The van der Waals surface area contributed by atoms with E-state index in [1.165, 1.54) is 0 Å². The summed E-state index contributed by atoms with van der Waals surface area (Å²) in [4.78, 5) is 23.2. The molecule has 0 bridgehead atoms. The molecule has 0 spiro atoms. The van der Waals surface area contributed by atoms with Gasteiger partial charge in [0.15, 0.2) is 5.41 Å². The number of carbonyl (C=O) groups excluding carboxylic acids is 1. The van der Waals surface area contributed by atoms with Crippen LogP contribution in [0.4, 0.5) is 0 Å². The Balaban J connectivity index is 2.81. The van der Waals surface area contributed by atoms with Crippen LogP contribution in [0.3, 0.4) is 0 Å². The van der Waals surface area contributed by atoms with E-state index in [2.05, 4.69) is 0 Å². The first kappa shape index (κ1) is 13.0. The summed E-state index contributed by atoms with van der Waals surface area (Å²) in [7, 11) is 0. The fourth-order valence-electron chi connectivity index (χ4n) is 1.90. The zero-order valence-corrected chi connectivity index (χ0v) is 10.2. The third-order valence-corrected chi connectivity index (χ3v) is 3.48. The molecule has 1 rings (SSSR count). The Kier molecular flexibility index (Phi) is 3.61. The monoisotopic (exact) mass is 228 g/mol. The third kappa shape index (κ3) is 2.36. The van der Waals surface area contributed by atoms with Gasteiger partial charge in [-0.3, -0.25) is 9.59 Å². The van der Waals surface area contributed by atoms with Gasteiger partial charge in [-0.15, -0.1) is 0 Å². The molecule has 4 nitrogen and oxygen atoms in total. The van der Waals surface area contributed by atoms with E-state index in [4.69, 9.17) is 4.74 Å². The van der Waals surface area contributed by atoms with Crippen LogP contribution in [0.1, 0.15) is 52.9 Å². The molecule has 1 aliphatic carbocycles. The number of ether oxygens (including phenoxy) is 1. The first-order valence-corrected chi connectivity index (χ1v) is 5.81. The van der Waals surface area contributed by atoms with Gasteiger partial charge in [0.1, 0.15) is 5.60 Å². The van der Waals surface area contributed by atoms with Crippen LogP contribution in [-0.2, 0) is 14.3 Å². The highest BCUT2D eigenvalue weighted by Gasteiger charge is 2.50. The highest BCUT2D eigenvalue weighted by Crippen LogP contribution is 2.40. The van der Waals surface area contributed by atoms with Crippen LogP contribution in [-0.4, -0.2) is 22.6 Å². The van der Waals surface area contributed by atoms with Gasteiger partial charge in [0.25, 0.3) is 0 Å². The highest BCUT2D eigenvalue weighted by molar-refractivity contribution is 5.99. The van der Waals surface area contributed by atoms with E-state index in [9.17, 15) is 14.7 Å².